The van der Waals surface area contributed by atoms with Crippen LogP contribution in [0.5, 0.6) is 0 Å². The lowest BCUT2D eigenvalue weighted by Gasteiger charge is -2.26. The van der Waals surface area contributed by atoms with Gasteiger partial charge >= 0.3 is 0 Å². The second-order valence-corrected chi connectivity index (χ2v) is 5.46. The maximum atomic E-state index is 12.1. The van der Waals surface area contributed by atoms with Crippen molar-refractivity contribution in [3.05, 3.63) is 0 Å². The minimum Gasteiger partial charge on any atom is -0.394 e. The van der Waals surface area contributed by atoms with Crippen LogP contribution in [0.3, 0.4) is 0 Å². The van der Waals surface area contributed by atoms with Crippen LogP contribution in [0.2, 0.25) is 0 Å². The van der Waals surface area contributed by atoms with E-state index in [-0.39, 0.29) is 11.7 Å². The molecule has 0 aliphatic heterocycles. The van der Waals surface area contributed by atoms with Gasteiger partial charge in [0.25, 0.3) is 0 Å². The maximum absolute atomic E-state index is 12.1. The van der Waals surface area contributed by atoms with Gasteiger partial charge in [-0.05, 0) is 5.92 Å². The molecule has 0 bridgehead atoms. The van der Waals surface area contributed by atoms with Crippen LogP contribution >= 0.6 is 25.3 Å². The van der Waals surface area contributed by atoms with Crippen LogP contribution in [-0.2, 0) is 14.4 Å². The van der Waals surface area contributed by atoms with Crippen LogP contribution in [0.25, 0.3) is 0 Å². The van der Waals surface area contributed by atoms with Gasteiger partial charge in [-0.3, -0.25) is 9.59 Å². The van der Waals surface area contributed by atoms with Gasteiger partial charge in [-0.1, -0.05) is 20.3 Å². The van der Waals surface area contributed by atoms with Crippen LogP contribution in [0.15, 0.2) is 0 Å². The van der Waals surface area contributed by atoms with E-state index in [9.17, 15) is 14.4 Å². The zero-order chi connectivity index (χ0) is 16.4. The predicted molar refractivity (Wildman–Crippen MR) is 86.2 cm³/mol. The van der Waals surface area contributed by atoms with Crippen LogP contribution in [-0.4, -0.2) is 52.9 Å². The van der Waals surface area contributed by atoms with Crippen LogP contribution < -0.4 is 16.2 Å². The van der Waals surface area contributed by atoms with E-state index in [4.69, 9.17) is 5.11 Å². The van der Waals surface area contributed by atoms with Gasteiger partial charge in [-0.2, -0.15) is 12.6 Å². The van der Waals surface area contributed by atoms with E-state index in [0.29, 0.717) is 12.7 Å². The van der Waals surface area contributed by atoms with Crippen molar-refractivity contribution >= 4 is 42.6 Å². The Hall–Kier alpha value is -0.610. The average Bonchev–Trinajstić information content (AvgIpc) is 2.47. The first-order valence-electron chi connectivity index (χ1n) is 6.62. The summed E-state index contributed by atoms with van der Waals surface area (Å²) in [6.07, 6.45) is 1.17. The molecule has 1 amide bonds. The Balaban J connectivity index is 4.75. The minimum atomic E-state index is -0.946. The fourth-order valence-electron chi connectivity index (χ4n) is 1.47. The highest BCUT2D eigenvalue weighted by atomic mass is 32.1. The number of nitrogens with one attached hydrogen (secondary N) is 3. The molecule has 4 atom stereocenters. The molecule has 0 aliphatic rings. The van der Waals surface area contributed by atoms with Gasteiger partial charge in [0.2, 0.25) is 11.0 Å². The molecule has 0 rings (SSSR count). The van der Waals surface area contributed by atoms with E-state index in [1.165, 1.54) is 0 Å². The zero-order valence-corrected chi connectivity index (χ0v) is 13.9. The lowest BCUT2D eigenvalue weighted by molar-refractivity contribution is -0.128. The lowest BCUT2D eigenvalue weighted by atomic mass is 9.99. The number of carbonyl (C=O) groups excluding carboxylic acids is 3. The molecule has 0 fully saturated rings. The van der Waals surface area contributed by atoms with Gasteiger partial charge in [0, 0.05) is 5.75 Å². The number of aliphatic hydroxyl groups is 1. The van der Waals surface area contributed by atoms with Crippen molar-refractivity contribution in [3.8, 4) is 0 Å². The topological polar surface area (TPSA) is 108 Å². The van der Waals surface area contributed by atoms with Crippen molar-refractivity contribution in [2.45, 2.75) is 38.4 Å². The lowest BCUT2D eigenvalue weighted by Crippen LogP contribution is -2.58. The molecule has 122 valence electrons. The number of rotatable bonds is 11. The van der Waals surface area contributed by atoms with Crippen molar-refractivity contribution in [1.82, 2.24) is 16.2 Å². The molecular formula is C12H23N3O4S2. The molecule has 0 aromatic carbocycles. The number of thiol groups is 2. The molecule has 0 aliphatic carbocycles. The Bertz CT molecular complexity index is 357. The third kappa shape index (κ3) is 7.28. The molecule has 0 radical (unpaired) electrons. The largest absolute Gasteiger partial charge is 0.394 e. The standard InChI is InChI=1S/C12H23N3O4S2/c1-3-7(2)10(11(18)13-8(4-16)5-17)15-14-9(6-20)12(19)21/h4,7-10,14-15,17,20H,3,5-6H2,1-2H3,(H,13,18)(H,19,21)/t7-,8+,9-,10?/m0/s1. The van der Waals surface area contributed by atoms with Crippen molar-refractivity contribution in [2.75, 3.05) is 12.4 Å². The second kappa shape index (κ2) is 11.0. The predicted octanol–water partition coefficient (Wildman–Crippen LogP) is -1.07. The monoisotopic (exact) mass is 337 g/mol. The number of aliphatic hydroxyl groups excluding tert-OH is 1. The minimum absolute atomic E-state index is 0.0564. The molecule has 0 aromatic rings. The number of aldehydes is 1. The first kappa shape index (κ1) is 20.4. The summed E-state index contributed by atoms with van der Waals surface area (Å²) in [6.45, 7) is 3.30. The Kier molecular flexibility index (Phi) is 10.7. The van der Waals surface area contributed by atoms with Crippen molar-refractivity contribution in [1.29, 1.82) is 0 Å². The molecule has 0 saturated heterocycles. The quantitative estimate of drug-likeness (QED) is 0.163. The summed E-state index contributed by atoms with van der Waals surface area (Å²) >= 11 is 7.74. The second-order valence-electron chi connectivity index (χ2n) is 4.66. The Morgan fingerprint density at radius 3 is 2.33 bits per heavy atom. The molecule has 0 aromatic heterocycles. The normalized spacial score (nSPS) is 16.6. The smallest absolute Gasteiger partial charge is 0.239 e. The van der Waals surface area contributed by atoms with Crippen molar-refractivity contribution in [3.63, 3.8) is 0 Å². The summed E-state index contributed by atoms with van der Waals surface area (Å²) in [6, 6.07) is -2.26. The van der Waals surface area contributed by atoms with Crippen LogP contribution in [0.4, 0.5) is 0 Å². The fourth-order valence-corrected chi connectivity index (χ4v) is 2.03. The number of hydrogen-bond acceptors (Lipinski definition) is 7. The molecule has 7 nitrogen and oxygen atoms in total. The Labute approximate surface area is 135 Å². The zero-order valence-electron chi connectivity index (χ0n) is 12.1. The van der Waals surface area contributed by atoms with E-state index in [2.05, 4.69) is 41.4 Å². The van der Waals surface area contributed by atoms with Crippen molar-refractivity contribution in [2.24, 2.45) is 5.92 Å². The molecule has 0 heterocycles. The van der Waals surface area contributed by atoms with E-state index in [0.717, 1.165) is 0 Å². The van der Waals surface area contributed by atoms with Crippen molar-refractivity contribution < 1.29 is 19.5 Å². The van der Waals surface area contributed by atoms with Gasteiger partial charge in [0.1, 0.15) is 18.4 Å². The summed E-state index contributed by atoms with van der Waals surface area (Å²) in [4.78, 5) is 34.0. The Morgan fingerprint density at radius 1 is 1.33 bits per heavy atom. The van der Waals surface area contributed by atoms with Crippen LogP contribution in [0, 0.1) is 5.92 Å². The molecule has 0 spiro atoms. The fraction of sp³-hybridized carbons (Fsp3) is 0.750. The van der Waals surface area contributed by atoms with Crippen LogP contribution in [0.1, 0.15) is 20.3 Å². The number of amides is 1. The van der Waals surface area contributed by atoms with E-state index < -0.39 is 35.8 Å². The molecule has 0 saturated carbocycles. The average molecular weight is 337 g/mol. The van der Waals surface area contributed by atoms with Gasteiger partial charge < -0.3 is 15.2 Å². The summed E-state index contributed by atoms with van der Waals surface area (Å²) in [5, 5.41) is 11.0. The maximum Gasteiger partial charge on any atom is 0.239 e. The number of hydrazine groups is 1. The molecule has 21 heavy (non-hydrogen) atoms. The van der Waals surface area contributed by atoms with Gasteiger partial charge in [-0.15, -0.1) is 12.6 Å². The van der Waals surface area contributed by atoms with Gasteiger partial charge in [0.05, 0.1) is 12.6 Å². The van der Waals surface area contributed by atoms with Gasteiger partial charge in [-0.25, -0.2) is 10.9 Å². The number of carbonyl (C=O) groups is 3. The number of hydrogen-bond donors (Lipinski definition) is 6. The SMILES string of the molecule is CC[C@H](C)C(NN[C@@H](CS)C(=O)S)C(=O)N[C@H](C=O)CO. The molecule has 4 N–H and O–H groups in total. The van der Waals surface area contributed by atoms with E-state index in [1.54, 1.807) is 0 Å². The molecule has 1 unspecified atom stereocenters. The summed E-state index contributed by atoms with van der Waals surface area (Å²) in [5.74, 6) is -0.274. The molecular weight excluding hydrogens is 314 g/mol. The van der Waals surface area contributed by atoms with Gasteiger partial charge in [0.15, 0.2) is 0 Å². The highest BCUT2D eigenvalue weighted by Crippen LogP contribution is 2.08. The molecule has 9 heteroatoms. The summed E-state index contributed by atoms with van der Waals surface area (Å²) < 4.78 is 0. The third-order valence-electron chi connectivity index (χ3n) is 3.08. The first-order valence-corrected chi connectivity index (χ1v) is 7.70. The highest BCUT2D eigenvalue weighted by Gasteiger charge is 2.26. The van der Waals surface area contributed by atoms with E-state index >= 15 is 0 Å². The Morgan fingerprint density at radius 2 is 1.95 bits per heavy atom. The summed E-state index contributed by atoms with van der Waals surface area (Å²) in [7, 11) is 0. The first-order chi connectivity index (χ1) is 9.90. The third-order valence-corrected chi connectivity index (χ3v) is 3.75. The van der Waals surface area contributed by atoms with E-state index in [1.807, 2.05) is 13.8 Å². The highest BCUT2D eigenvalue weighted by molar-refractivity contribution is 7.96. The summed E-state index contributed by atoms with van der Waals surface area (Å²) in [5.41, 5.74) is 5.49.